The summed E-state index contributed by atoms with van der Waals surface area (Å²) in [4.78, 5) is 14.2. The van der Waals surface area contributed by atoms with Crippen LogP contribution in [0.2, 0.25) is 5.02 Å². The molecule has 3 N–H and O–H groups in total. The Bertz CT molecular complexity index is 475. The van der Waals surface area contributed by atoms with E-state index in [9.17, 15) is 9.90 Å². The molecule has 1 heterocycles. The number of hydrogen-bond acceptors (Lipinski definition) is 3. The molecule has 1 aromatic carbocycles. The number of likely N-dealkylation sites (tertiary alicyclic amines) is 1. The Balaban J connectivity index is 1.53. The number of rotatable bonds is 8. The molecule has 5 nitrogen and oxygen atoms in total. The van der Waals surface area contributed by atoms with E-state index in [1.165, 1.54) is 25.9 Å². The van der Waals surface area contributed by atoms with Crippen molar-refractivity contribution in [1.82, 2.24) is 15.5 Å². The number of carbonyl (C=O) groups excluding carboxylic acids is 1. The molecule has 0 spiro atoms. The Morgan fingerprint density at radius 3 is 2.57 bits per heavy atom. The molecule has 0 aliphatic carbocycles. The lowest BCUT2D eigenvalue weighted by Gasteiger charge is -2.15. The van der Waals surface area contributed by atoms with Crippen LogP contribution in [-0.2, 0) is 0 Å². The van der Waals surface area contributed by atoms with Gasteiger partial charge in [-0.1, -0.05) is 23.7 Å². The fourth-order valence-corrected chi connectivity index (χ4v) is 2.85. The molecular formula is C17H26ClN3O2. The summed E-state index contributed by atoms with van der Waals surface area (Å²) in [5.74, 6) is 0. The van der Waals surface area contributed by atoms with E-state index in [0.717, 1.165) is 24.9 Å². The van der Waals surface area contributed by atoms with Crippen LogP contribution >= 0.6 is 11.6 Å². The van der Waals surface area contributed by atoms with Gasteiger partial charge in [0.05, 0.1) is 6.10 Å². The molecule has 1 aliphatic rings. The van der Waals surface area contributed by atoms with Gasteiger partial charge in [-0.3, -0.25) is 0 Å². The van der Waals surface area contributed by atoms with Gasteiger partial charge in [0, 0.05) is 18.1 Å². The van der Waals surface area contributed by atoms with Crippen LogP contribution < -0.4 is 10.6 Å². The van der Waals surface area contributed by atoms with E-state index >= 15 is 0 Å². The molecule has 128 valence electrons. The van der Waals surface area contributed by atoms with Gasteiger partial charge in [0.2, 0.25) is 0 Å². The Kier molecular flexibility index (Phi) is 7.65. The van der Waals surface area contributed by atoms with Gasteiger partial charge < -0.3 is 20.6 Å². The number of benzene rings is 1. The SMILES string of the molecule is O=C(NCCCCN1CCCC1)NCC(O)c1ccc(Cl)cc1. The summed E-state index contributed by atoms with van der Waals surface area (Å²) in [6, 6.07) is 6.72. The first-order valence-electron chi connectivity index (χ1n) is 8.33. The van der Waals surface area contributed by atoms with Gasteiger partial charge in [0.25, 0.3) is 0 Å². The fourth-order valence-electron chi connectivity index (χ4n) is 2.72. The van der Waals surface area contributed by atoms with E-state index < -0.39 is 6.10 Å². The average molecular weight is 340 g/mol. The second-order valence-corrected chi connectivity index (χ2v) is 6.40. The summed E-state index contributed by atoms with van der Waals surface area (Å²) in [6.45, 7) is 4.41. The van der Waals surface area contributed by atoms with E-state index in [1.54, 1.807) is 24.3 Å². The minimum atomic E-state index is -0.729. The number of unbranched alkanes of at least 4 members (excludes halogenated alkanes) is 1. The maximum atomic E-state index is 11.7. The molecule has 23 heavy (non-hydrogen) atoms. The van der Waals surface area contributed by atoms with Gasteiger partial charge in [0.15, 0.2) is 0 Å². The van der Waals surface area contributed by atoms with Crippen LogP contribution in [0.1, 0.15) is 37.4 Å². The van der Waals surface area contributed by atoms with Crippen LogP contribution in [0, 0.1) is 0 Å². The first-order chi connectivity index (χ1) is 11.1. The third-order valence-electron chi connectivity index (χ3n) is 4.10. The molecule has 1 atom stereocenters. The fraction of sp³-hybridized carbons (Fsp3) is 0.588. The molecule has 1 aliphatic heterocycles. The average Bonchev–Trinajstić information content (AvgIpc) is 3.06. The first kappa shape index (κ1) is 18.0. The second kappa shape index (κ2) is 9.75. The molecule has 6 heteroatoms. The third-order valence-corrected chi connectivity index (χ3v) is 4.35. The number of urea groups is 1. The number of nitrogens with zero attached hydrogens (tertiary/aromatic N) is 1. The monoisotopic (exact) mass is 339 g/mol. The lowest BCUT2D eigenvalue weighted by Crippen LogP contribution is -2.38. The van der Waals surface area contributed by atoms with Crippen LogP contribution in [0.25, 0.3) is 0 Å². The lowest BCUT2D eigenvalue weighted by molar-refractivity contribution is 0.173. The number of aliphatic hydroxyl groups excluding tert-OH is 1. The number of aliphatic hydroxyl groups is 1. The zero-order chi connectivity index (χ0) is 16.5. The van der Waals surface area contributed by atoms with Gasteiger partial charge in [-0.15, -0.1) is 0 Å². The molecule has 1 unspecified atom stereocenters. The summed E-state index contributed by atoms with van der Waals surface area (Å²) in [7, 11) is 0. The maximum Gasteiger partial charge on any atom is 0.314 e. The quantitative estimate of drug-likeness (QED) is 0.638. The van der Waals surface area contributed by atoms with Crippen LogP contribution in [0.3, 0.4) is 0 Å². The highest BCUT2D eigenvalue weighted by molar-refractivity contribution is 6.30. The van der Waals surface area contributed by atoms with Gasteiger partial charge in [-0.2, -0.15) is 0 Å². The van der Waals surface area contributed by atoms with Gasteiger partial charge in [0.1, 0.15) is 0 Å². The van der Waals surface area contributed by atoms with Crippen molar-refractivity contribution in [2.45, 2.75) is 31.8 Å². The smallest absolute Gasteiger partial charge is 0.314 e. The number of halogens is 1. The highest BCUT2D eigenvalue weighted by Gasteiger charge is 2.11. The van der Waals surface area contributed by atoms with Crippen molar-refractivity contribution < 1.29 is 9.90 Å². The van der Waals surface area contributed by atoms with Crippen molar-refractivity contribution in [3.8, 4) is 0 Å². The van der Waals surface area contributed by atoms with Crippen LogP contribution in [0.5, 0.6) is 0 Å². The Labute approximate surface area is 143 Å². The maximum absolute atomic E-state index is 11.7. The van der Waals surface area contributed by atoms with Crippen molar-refractivity contribution in [2.75, 3.05) is 32.7 Å². The van der Waals surface area contributed by atoms with Gasteiger partial charge >= 0.3 is 6.03 Å². The predicted octanol–water partition coefficient (Wildman–Crippen LogP) is 2.55. The zero-order valence-corrected chi connectivity index (χ0v) is 14.2. The highest BCUT2D eigenvalue weighted by Crippen LogP contribution is 2.15. The highest BCUT2D eigenvalue weighted by atomic mass is 35.5. The second-order valence-electron chi connectivity index (χ2n) is 5.96. The van der Waals surface area contributed by atoms with E-state index in [-0.39, 0.29) is 12.6 Å². The Morgan fingerprint density at radius 1 is 1.17 bits per heavy atom. The minimum Gasteiger partial charge on any atom is -0.387 e. The molecule has 0 bridgehead atoms. The molecule has 0 radical (unpaired) electrons. The van der Waals surface area contributed by atoms with Crippen LogP contribution in [0.4, 0.5) is 4.79 Å². The number of amides is 2. The molecule has 1 aromatic rings. The zero-order valence-electron chi connectivity index (χ0n) is 13.4. The number of hydrogen-bond donors (Lipinski definition) is 3. The molecule has 0 saturated carbocycles. The normalized spacial score (nSPS) is 16.3. The third kappa shape index (κ3) is 6.77. The topological polar surface area (TPSA) is 64.6 Å². The molecule has 1 saturated heterocycles. The van der Waals surface area contributed by atoms with Crippen molar-refractivity contribution >= 4 is 17.6 Å². The summed E-state index contributed by atoms with van der Waals surface area (Å²) in [5, 5.41) is 16.1. The van der Waals surface area contributed by atoms with E-state index in [1.807, 2.05) is 0 Å². The van der Waals surface area contributed by atoms with Crippen molar-refractivity contribution in [1.29, 1.82) is 0 Å². The van der Waals surface area contributed by atoms with Gasteiger partial charge in [-0.05, 0) is 63.0 Å². The van der Waals surface area contributed by atoms with E-state index in [4.69, 9.17) is 11.6 Å². The lowest BCUT2D eigenvalue weighted by atomic mass is 10.1. The largest absolute Gasteiger partial charge is 0.387 e. The summed E-state index contributed by atoms with van der Waals surface area (Å²) in [5.41, 5.74) is 0.736. The van der Waals surface area contributed by atoms with E-state index in [0.29, 0.717) is 11.6 Å². The predicted molar refractivity (Wildman–Crippen MR) is 92.7 cm³/mol. The minimum absolute atomic E-state index is 0.182. The molecule has 1 fully saturated rings. The van der Waals surface area contributed by atoms with Crippen molar-refractivity contribution in [3.63, 3.8) is 0 Å². The van der Waals surface area contributed by atoms with Gasteiger partial charge in [-0.25, -0.2) is 4.79 Å². The summed E-state index contributed by atoms with van der Waals surface area (Å²) in [6.07, 6.45) is 3.98. The molecule has 2 rings (SSSR count). The van der Waals surface area contributed by atoms with Crippen LogP contribution in [0.15, 0.2) is 24.3 Å². The molecular weight excluding hydrogens is 314 g/mol. The Hall–Kier alpha value is -1.30. The standard InChI is InChI=1S/C17H26ClN3O2/c18-15-7-5-14(6-8-15)16(22)13-20-17(23)19-9-1-2-10-21-11-3-4-12-21/h5-8,16,22H,1-4,9-13H2,(H2,19,20,23). The first-order valence-corrected chi connectivity index (χ1v) is 8.70. The summed E-state index contributed by atoms with van der Waals surface area (Å²) < 4.78 is 0. The number of carbonyl (C=O) groups is 1. The van der Waals surface area contributed by atoms with Crippen molar-refractivity contribution in [3.05, 3.63) is 34.9 Å². The molecule has 0 aromatic heterocycles. The summed E-state index contributed by atoms with van der Waals surface area (Å²) >= 11 is 5.80. The van der Waals surface area contributed by atoms with Crippen molar-refractivity contribution in [2.24, 2.45) is 0 Å². The molecule has 2 amide bonds. The van der Waals surface area contributed by atoms with E-state index in [2.05, 4.69) is 15.5 Å². The number of nitrogens with one attached hydrogen (secondary N) is 2. The van der Waals surface area contributed by atoms with Crippen LogP contribution in [-0.4, -0.2) is 48.8 Å². The Morgan fingerprint density at radius 2 is 1.87 bits per heavy atom.